The Morgan fingerprint density at radius 2 is 2.10 bits per heavy atom. The topological polar surface area (TPSA) is 70.1 Å². The first kappa shape index (κ1) is 17.8. The third-order valence-electron chi connectivity index (χ3n) is 3.77. The van der Waals surface area contributed by atoms with E-state index in [1.807, 2.05) is 20.9 Å². The van der Waals surface area contributed by atoms with Gasteiger partial charge < -0.3 is 19.6 Å². The fraction of sp³-hybridized carbons (Fsp3) is 0.867. The summed E-state index contributed by atoms with van der Waals surface area (Å²) < 4.78 is 5.45. The molecule has 0 bridgehead atoms. The molecule has 1 N–H and O–H groups in total. The highest BCUT2D eigenvalue weighted by atomic mass is 16.5. The highest BCUT2D eigenvalue weighted by molar-refractivity contribution is 5.74. The summed E-state index contributed by atoms with van der Waals surface area (Å²) in [5, 5.41) is 8.70. The lowest BCUT2D eigenvalue weighted by atomic mass is 10.0. The van der Waals surface area contributed by atoms with Crippen LogP contribution in [-0.4, -0.2) is 66.3 Å². The molecule has 1 rings (SSSR count). The van der Waals surface area contributed by atoms with Gasteiger partial charge in [-0.25, -0.2) is 4.79 Å². The monoisotopic (exact) mass is 300 g/mol. The number of hydrogen-bond donors (Lipinski definition) is 1. The average molecular weight is 300 g/mol. The third-order valence-corrected chi connectivity index (χ3v) is 3.77. The molecule has 0 aromatic carbocycles. The zero-order chi connectivity index (χ0) is 15.8. The number of carbonyl (C=O) groups is 2. The van der Waals surface area contributed by atoms with Crippen LogP contribution in [0.3, 0.4) is 0 Å². The van der Waals surface area contributed by atoms with Crippen LogP contribution in [0.1, 0.15) is 39.5 Å². The lowest BCUT2D eigenvalue weighted by Gasteiger charge is -2.33. The molecule has 122 valence electrons. The van der Waals surface area contributed by atoms with E-state index in [1.165, 1.54) is 0 Å². The normalized spacial score (nSPS) is 18.6. The van der Waals surface area contributed by atoms with E-state index in [4.69, 9.17) is 9.84 Å². The summed E-state index contributed by atoms with van der Waals surface area (Å²) in [6, 6.07) is 0.0392. The first-order valence-corrected chi connectivity index (χ1v) is 7.73. The van der Waals surface area contributed by atoms with Gasteiger partial charge in [0.1, 0.15) is 0 Å². The Kier molecular flexibility index (Phi) is 7.50. The van der Waals surface area contributed by atoms with E-state index in [-0.39, 0.29) is 18.5 Å². The summed E-state index contributed by atoms with van der Waals surface area (Å²) >= 11 is 0. The maximum atomic E-state index is 12.5. The SMILES string of the molecule is CC(C)N(CCCC(=O)O)C(=O)N(C)CC1CCCOC1. The number of rotatable bonds is 7. The highest BCUT2D eigenvalue weighted by Crippen LogP contribution is 2.16. The van der Waals surface area contributed by atoms with E-state index in [2.05, 4.69) is 0 Å². The second-order valence-corrected chi connectivity index (χ2v) is 6.03. The van der Waals surface area contributed by atoms with Crippen LogP contribution in [0.4, 0.5) is 4.79 Å². The van der Waals surface area contributed by atoms with Gasteiger partial charge in [-0.3, -0.25) is 4.79 Å². The van der Waals surface area contributed by atoms with Crippen molar-refractivity contribution in [2.45, 2.75) is 45.6 Å². The molecule has 0 aromatic heterocycles. The standard InChI is InChI=1S/C15H28N2O4/c1-12(2)17(8-4-7-14(18)19)15(20)16(3)10-13-6-5-9-21-11-13/h12-13H,4-11H2,1-3H3,(H,18,19). The molecule has 6 heteroatoms. The van der Waals surface area contributed by atoms with Gasteiger partial charge in [0.2, 0.25) is 0 Å². The number of ether oxygens (including phenoxy) is 1. The number of nitrogens with zero attached hydrogens (tertiary/aromatic N) is 2. The largest absolute Gasteiger partial charge is 0.481 e. The summed E-state index contributed by atoms with van der Waals surface area (Å²) in [6.45, 7) is 6.63. The minimum atomic E-state index is -0.820. The Morgan fingerprint density at radius 3 is 2.62 bits per heavy atom. The van der Waals surface area contributed by atoms with Gasteiger partial charge in [-0.15, -0.1) is 0 Å². The fourth-order valence-corrected chi connectivity index (χ4v) is 2.61. The molecule has 0 aromatic rings. The molecule has 0 aliphatic carbocycles. The van der Waals surface area contributed by atoms with Crippen LogP contribution in [0.25, 0.3) is 0 Å². The quantitative estimate of drug-likeness (QED) is 0.781. The molecule has 1 aliphatic heterocycles. The summed E-state index contributed by atoms with van der Waals surface area (Å²) in [5.41, 5.74) is 0. The van der Waals surface area contributed by atoms with Crippen LogP contribution < -0.4 is 0 Å². The summed E-state index contributed by atoms with van der Waals surface area (Å²) in [5.74, 6) is -0.417. The number of urea groups is 1. The second kappa shape index (κ2) is 8.87. The smallest absolute Gasteiger partial charge is 0.319 e. The molecule has 1 unspecified atom stereocenters. The van der Waals surface area contributed by atoms with E-state index >= 15 is 0 Å². The van der Waals surface area contributed by atoms with Crippen molar-refractivity contribution in [1.29, 1.82) is 0 Å². The molecule has 6 nitrogen and oxygen atoms in total. The number of hydrogen-bond acceptors (Lipinski definition) is 3. The van der Waals surface area contributed by atoms with E-state index < -0.39 is 5.97 Å². The summed E-state index contributed by atoms with van der Waals surface area (Å²) in [4.78, 5) is 26.6. The van der Waals surface area contributed by atoms with Gasteiger partial charge in [0.05, 0.1) is 6.61 Å². The van der Waals surface area contributed by atoms with Gasteiger partial charge in [0.25, 0.3) is 0 Å². The van der Waals surface area contributed by atoms with Crippen LogP contribution in [-0.2, 0) is 9.53 Å². The Hall–Kier alpha value is -1.30. The molecule has 0 spiro atoms. The van der Waals surface area contributed by atoms with Crippen LogP contribution in [0.5, 0.6) is 0 Å². The molecule has 0 radical (unpaired) electrons. The van der Waals surface area contributed by atoms with E-state index in [9.17, 15) is 9.59 Å². The van der Waals surface area contributed by atoms with E-state index in [0.717, 1.165) is 26.1 Å². The molecule has 1 heterocycles. The Morgan fingerprint density at radius 1 is 1.38 bits per heavy atom. The maximum absolute atomic E-state index is 12.5. The Labute approximate surface area is 127 Å². The van der Waals surface area contributed by atoms with Crippen molar-refractivity contribution in [2.24, 2.45) is 5.92 Å². The van der Waals surface area contributed by atoms with Crippen molar-refractivity contribution in [1.82, 2.24) is 9.80 Å². The predicted molar refractivity (Wildman–Crippen MR) is 80.3 cm³/mol. The lowest BCUT2D eigenvalue weighted by molar-refractivity contribution is -0.137. The van der Waals surface area contributed by atoms with E-state index in [1.54, 1.807) is 9.80 Å². The second-order valence-electron chi connectivity index (χ2n) is 6.03. The number of carboxylic acid groups (broad SMARTS) is 1. The van der Waals surface area contributed by atoms with Crippen molar-refractivity contribution >= 4 is 12.0 Å². The zero-order valence-electron chi connectivity index (χ0n) is 13.4. The van der Waals surface area contributed by atoms with Gasteiger partial charge >= 0.3 is 12.0 Å². The highest BCUT2D eigenvalue weighted by Gasteiger charge is 2.24. The number of amides is 2. The fourth-order valence-electron chi connectivity index (χ4n) is 2.61. The van der Waals surface area contributed by atoms with Crippen molar-refractivity contribution in [3.05, 3.63) is 0 Å². The molecular weight excluding hydrogens is 272 g/mol. The third kappa shape index (κ3) is 6.33. The average Bonchev–Trinajstić information content (AvgIpc) is 2.43. The zero-order valence-corrected chi connectivity index (χ0v) is 13.4. The number of carboxylic acids is 1. The maximum Gasteiger partial charge on any atom is 0.319 e. The van der Waals surface area contributed by atoms with Crippen molar-refractivity contribution in [3.8, 4) is 0 Å². The van der Waals surface area contributed by atoms with E-state index in [0.29, 0.717) is 25.4 Å². The number of aliphatic carboxylic acids is 1. The molecule has 0 saturated carbocycles. The van der Waals surface area contributed by atoms with Crippen molar-refractivity contribution in [3.63, 3.8) is 0 Å². The van der Waals surface area contributed by atoms with Gasteiger partial charge in [0.15, 0.2) is 0 Å². The van der Waals surface area contributed by atoms with Gasteiger partial charge in [-0.2, -0.15) is 0 Å². The summed E-state index contributed by atoms with van der Waals surface area (Å²) in [6.07, 6.45) is 2.73. The lowest BCUT2D eigenvalue weighted by Crippen LogP contribution is -2.47. The van der Waals surface area contributed by atoms with Gasteiger partial charge in [-0.05, 0) is 33.1 Å². The first-order chi connectivity index (χ1) is 9.91. The molecule has 21 heavy (non-hydrogen) atoms. The molecular formula is C15H28N2O4. The van der Waals surface area contributed by atoms with Crippen molar-refractivity contribution in [2.75, 3.05) is 33.4 Å². The molecule has 1 fully saturated rings. The minimum Gasteiger partial charge on any atom is -0.481 e. The van der Waals surface area contributed by atoms with Crippen LogP contribution >= 0.6 is 0 Å². The Bertz CT molecular complexity index is 341. The van der Waals surface area contributed by atoms with Crippen LogP contribution in [0.2, 0.25) is 0 Å². The van der Waals surface area contributed by atoms with Crippen LogP contribution in [0, 0.1) is 5.92 Å². The van der Waals surface area contributed by atoms with Crippen LogP contribution in [0.15, 0.2) is 0 Å². The molecule has 1 atom stereocenters. The molecule has 1 aliphatic rings. The predicted octanol–water partition coefficient (Wildman–Crippen LogP) is 2.04. The van der Waals surface area contributed by atoms with Gasteiger partial charge in [0, 0.05) is 45.1 Å². The minimum absolute atomic E-state index is 0.0269. The first-order valence-electron chi connectivity index (χ1n) is 7.73. The number of carbonyl (C=O) groups excluding carboxylic acids is 1. The van der Waals surface area contributed by atoms with Crippen molar-refractivity contribution < 1.29 is 19.4 Å². The molecule has 2 amide bonds. The summed E-state index contributed by atoms with van der Waals surface area (Å²) in [7, 11) is 1.81. The Balaban J connectivity index is 2.47. The van der Waals surface area contributed by atoms with Gasteiger partial charge in [-0.1, -0.05) is 0 Å². The molecule has 1 saturated heterocycles.